The van der Waals surface area contributed by atoms with Gasteiger partial charge in [0, 0.05) is 12.2 Å². The van der Waals surface area contributed by atoms with E-state index in [4.69, 9.17) is 0 Å². The van der Waals surface area contributed by atoms with Crippen molar-refractivity contribution in [3.8, 4) is 0 Å². The summed E-state index contributed by atoms with van der Waals surface area (Å²) in [4.78, 5) is 0. The molecule has 2 rings (SSSR count). The maximum atomic E-state index is 4.11. The fraction of sp³-hybridized carbons (Fsp3) is 0.556. The van der Waals surface area contributed by atoms with E-state index in [-0.39, 0.29) is 0 Å². The molecule has 1 N–H and O–H groups in total. The van der Waals surface area contributed by atoms with Crippen molar-refractivity contribution >= 4 is 5.69 Å². The molecule has 1 saturated carbocycles. The van der Waals surface area contributed by atoms with Crippen LogP contribution in [0.15, 0.2) is 30.4 Å². The van der Waals surface area contributed by atoms with Crippen molar-refractivity contribution in [2.24, 2.45) is 11.8 Å². The van der Waals surface area contributed by atoms with Gasteiger partial charge in [0.15, 0.2) is 0 Å². The van der Waals surface area contributed by atoms with Crippen molar-refractivity contribution in [3.05, 3.63) is 41.5 Å². The number of allylic oxidation sites excluding steroid dienone is 1. The molecule has 1 aliphatic carbocycles. The van der Waals surface area contributed by atoms with Crippen LogP contribution in [-0.4, -0.2) is 6.54 Å². The van der Waals surface area contributed by atoms with Crippen LogP contribution in [0.5, 0.6) is 0 Å². The van der Waals surface area contributed by atoms with E-state index in [1.54, 1.807) is 0 Å². The normalized spacial score (nSPS) is 22.5. The Kier molecular flexibility index (Phi) is 4.68. The maximum absolute atomic E-state index is 4.11. The first-order valence-electron chi connectivity index (χ1n) is 7.59. The first-order chi connectivity index (χ1) is 9.10. The van der Waals surface area contributed by atoms with E-state index >= 15 is 0 Å². The van der Waals surface area contributed by atoms with Gasteiger partial charge in [0.1, 0.15) is 0 Å². The second-order valence-corrected chi connectivity index (χ2v) is 6.12. The second-order valence-electron chi connectivity index (χ2n) is 6.12. The highest BCUT2D eigenvalue weighted by Gasteiger charge is 2.24. The van der Waals surface area contributed by atoms with Crippen LogP contribution in [-0.2, 0) is 6.42 Å². The minimum absolute atomic E-state index is 0.760. The predicted molar refractivity (Wildman–Crippen MR) is 84.7 cm³/mol. The molecule has 1 fully saturated rings. The molecule has 0 saturated heterocycles. The third-order valence-electron chi connectivity index (χ3n) is 4.46. The zero-order valence-electron chi connectivity index (χ0n) is 12.6. The summed E-state index contributed by atoms with van der Waals surface area (Å²) in [6.45, 7) is 11.8. The van der Waals surface area contributed by atoms with E-state index < -0.39 is 0 Å². The number of hydrogen-bond donors (Lipinski definition) is 1. The lowest BCUT2D eigenvalue weighted by molar-refractivity contribution is 0.549. The molecule has 0 aromatic heterocycles. The maximum Gasteiger partial charge on any atom is 0.0372 e. The van der Waals surface area contributed by atoms with Gasteiger partial charge in [-0.3, -0.25) is 0 Å². The van der Waals surface area contributed by atoms with Crippen LogP contribution in [0.3, 0.4) is 0 Å². The van der Waals surface area contributed by atoms with Crippen LogP contribution < -0.4 is 5.32 Å². The van der Waals surface area contributed by atoms with Crippen LogP contribution >= 0.6 is 0 Å². The van der Waals surface area contributed by atoms with Crippen LogP contribution in [0.4, 0.5) is 5.69 Å². The Morgan fingerprint density at radius 1 is 1.37 bits per heavy atom. The van der Waals surface area contributed by atoms with Crippen LogP contribution in [0.1, 0.15) is 44.2 Å². The molecule has 0 bridgehead atoms. The Morgan fingerprint density at radius 2 is 2.16 bits per heavy atom. The predicted octanol–water partition coefficient (Wildman–Crippen LogP) is 4.96. The molecule has 19 heavy (non-hydrogen) atoms. The molecule has 104 valence electrons. The Hall–Kier alpha value is -1.24. The number of hydrogen-bond acceptors (Lipinski definition) is 1. The van der Waals surface area contributed by atoms with Gasteiger partial charge in [-0.2, -0.15) is 0 Å². The van der Waals surface area contributed by atoms with E-state index in [9.17, 15) is 0 Å². The highest BCUT2D eigenvalue weighted by molar-refractivity contribution is 5.52. The Labute approximate surface area is 118 Å². The molecule has 1 heteroatoms. The van der Waals surface area contributed by atoms with E-state index in [2.05, 4.69) is 50.9 Å². The number of benzene rings is 1. The van der Waals surface area contributed by atoms with E-state index in [1.165, 1.54) is 41.6 Å². The van der Waals surface area contributed by atoms with E-state index in [1.807, 2.05) is 0 Å². The zero-order chi connectivity index (χ0) is 13.8. The SMILES string of the molecule is C=C(C)C1CCC(CNc2ccc(C)cc2CC)C1. The lowest BCUT2D eigenvalue weighted by Gasteiger charge is -2.16. The summed E-state index contributed by atoms with van der Waals surface area (Å²) >= 11 is 0. The lowest BCUT2D eigenvalue weighted by atomic mass is 9.98. The van der Waals surface area contributed by atoms with Crippen LogP contribution in [0.25, 0.3) is 0 Å². The van der Waals surface area contributed by atoms with Gasteiger partial charge in [-0.05, 0) is 63.0 Å². The van der Waals surface area contributed by atoms with E-state index in [0.29, 0.717) is 0 Å². The minimum Gasteiger partial charge on any atom is -0.385 e. The summed E-state index contributed by atoms with van der Waals surface area (Å²) in [5, 5.41) is 3.66. The Bertz CT molecular complexity index is 447. The molecule has 2 unspecified atom stereocenters. The van der Waals surface area contributed by atoms with Crippen LogP contribution in [0.2, 0.25) is 0 Å². The van der Waals surface area contributed by atoms with Gasteiger partial charge in [0.2, 0.25) is 0 Å². The quantitative estimate of drug-likeness (QED) is 0.735. The fourth-order valence-electron chi connectivity index (χ4n) is 3.15. The first-order valence-corrected chi connectivity index (χ1v) is 7.59. The molecule has 0 aliphatic heterocycles. The molecule has 1 aromatic carbocycles. The van der Waals surface area contributed by atoms with Gasteiger partial charge < -0.3 is 5.32 Å². The molecule has 1 aromatic rings. The molecule has 1 nitrogen and oxygen atoms in total. The summed E-state index contributed by atoms with van der Waals surface area (Å²) in [5.74, 6) is 1.57. The van der Waals surface area contributed by atoms with Gasteiger partial charge in [-0.1, -0.05) is 36.8 Å². The number of rotatable bonds is 5. The molecular formula is C18H27N. The van der Waals surface area contributed by atoms with Crippen molar-refractivity contribution in [1.82, 2.24) is 0 Å². The van der Waals surface area contributed by atoms with Gasteiger partial charge >= 0.3 is 0 Å². The van der Waals surface area contributed by atoms with Gasteiger partial charge in [0.25, 0.3) is 0 Å². The third-order valence-corrected chi connectivity index (χ3v) is 4.46. The zero-order valence-corrected chi connectivity index (χ0v) is 12.6. The lowest BCUT2D eigenvalue weighted by Crippen LogP contribution is -2.13. The summed E-state index contributed by atoms with van der Waals surface area (Å²) in [7, 11) is 0. The number of anilines is 1. The highest BCUT2D eigenvalue weighted by atomic mass is 14.9. The summed E-state index contributed by atoms with van der Waals surface area (Å²) in [6, 6.07) is 6.74. The van der Waals surface area contributed by atoms with Crippen molar-refractivity contribution in [3.63, 3.8) is 0 Å². The average molecular weight is 257 g/mol. The molecule has 2 atom stereocenters. The second kappa shape index (κ2) is 6.27. The topological polar surface area (TPSA) is 12.0 Å². The van der Waals surface area contributed by atoms with Gasteiger partial charge in [-0.15, -0.1) is 0 Å². The smallest absolute Gasteiger partial charge is 0.0372 e. The van der Waals surface area contributed by atoms with Crippen molar-refractivity contribution in [2.45, 2.75) is 46.5 Å². The van der Waals surface area contributed by atoms with Gasteiger partial charge in [0.05, 0.1) is 0 Å². The summed E-state index contributed by atoms with van der Waals surface area (Å²) in [5.41, 5.74) is 5.49. The standard InChI is InChI=1S/C18H27N/c1-5-16-10-14(4)6-9-18(16)19-12-15-7-8-17(11-15)13(2)3/h6,9-10,15,17,19H,2,5,7-8,11-12H2,1,3-4H3. The Morgan fingerprint density at radius 3 is 2.79 bits per heavy atom. The minimum atomic E-state index is 0.760. The van der Waals surface area contributed by atoms with Crippen molar-refractivity contribution in [1.29, 1.82) is 0 Å². The van der Waals surface area contributed by atoms with Gasteiger partial charge in [-0.25, -0.2) is 0 Å². The van der Waals surface area contributed by atoms with Crippen molar-refractivity contribution in [2.75, 3.05) is 11.9 Å². The third kappa shape index (κ3) is 3.62. The van der Waals surface area contributed by atoms with Crippen molar-refractivity contribution < 1.29 is 0 Å². The largest absolute Gasteiger partial charge is 0.385 e. The van der Waals surface area contributed by atoms with Crippen LogP contribution in [0, 0.1) is 18.8 Å². The Balaban J connectivity index is 1.91. The molecule has 0 heterocycles. The average Bonchev–Trinajstić information content (AvgIpc) is 2.86. The first kappa shape index (κ1) is 14.2. The molecular weight excluding hydrogens is 230 g/mol. The monoisotopic (exact) mass is 257 g/mol. The summed E-state index contributed by atoms with van der Waals surface area (Å²) < 4.78 is 0. The van der Waals surface area contributed by atoms with E-state index in [0.717, 1.165) is 24.8 Å². The number of nitrogens with one attached hydrogen (secondary N) is 1. The molecule has 0 spiro atoms. The molecule has 1 aliphatic rings. The highest BCUT2D eigenvalue weighted by Crippen LogP contribution is 2.35. The summed E-state index contributed by atoms with van der Waals surface area (Å²) in [6.07, 6.45) is 5.09. The molecule has 0 amide bonds. The fourth-order valence-corrected chi connectivity index (χ4v) is 3.15. The molecule has 0 radical (unpaired) electrons. The number of aryl methyl sites for hydroxylation is 2.